The summed E-state index contributed by atoms with van der Waals surface area (Å²) in [6.07, 6.45) is 2.59. The van der Waals surface area contributed by atoms with Gasteiger partial charge in [-0.2, -0.15) is 5.10 Å². The Kier molecular flexibility index (Phi) is 5.10. The molecule has 2 aromatic heterocycles. The smallest absolute Gasteiger partial charge is 0.317 e. The lowest BCUT2D eigenvalue weighted by atomic mass is 10.2. The molecule has 8 heteroatoms. The summed E-state index contributed by atoms with van der Waals surface area (Å²) in [7, 11) is 0. The second-order valence-electron chi connectivity index (χ2n) is 6.76. The van der Waals surface area contributed by atoms with E-state index in [9.17, 15) is 4.79 Å². The number of aromatic nitrogens is 4. The highest BCUT2D eigenvalue weighted by Gasteiger charge is 2.24. The highest BCUT2D eigenvalue weighted by Crippen LogP contribution is 2.26. The molecule has 4 rings (SSSR count). The predicted octanol–water partition coefficient (Wildman–Crippen LogP) is 2.23. The first-order valence-electron chi connectivity index (χ1n) is 9.79. The third kappa shape index (κ3) is 3.37. The number of anilines is 1. The molecule has 0 saturated carbocycles. The monoisotopic (exact) mass is 379 g/mol. The number of carbonyl (C=O) groups excluding carboxylic acids is 1. The normalized spacial score (nSPS) is 14.5. The van der Waals surface area contributed by atoms with Gasteiger partial charge in [0.2, 0.25) is 0 Å². The lowest BCUT2D eigenvalue weighted by Gasteiger charge is -2.35. The van der Waals surface area contributed by atoms with Crippen LogP contribution in [0.2, 0.25) is 0 Å². The minimum absolute atomic E-state index is 0.00105. The van der Waals surface area contributed by atoms with Crippen molar-refractivity contribution in [1.29, 1.82) is 0 Å². The molecule has 0 unspecified atom stereocenters. The van der Waals surface area contributed by atoms with Gasteiger partial charge in [-0.15, -0.1) is 0 Å². The topological polar surface area (TPSA) is 79.2 Å². The predicted molar refractivity (Wildman–Crippen MR) is 109 cm³/mol. The maximum absolute atomic E-state index is 12.1. The van der Waals surface area contributed by atoms with E-state index in [1.807, 2.05) is 53.0 Å². The van der Waals surface area contributed by atoms with Crippen LogP contribution in [0.4, 0.5) is 10.6 Å². The van der Waals surface area contributed by atoms with Gasteiger partial charge in [0.1, 0.15) is 11.6 Å². The Morgan fingerprint density at radius 3 is 2.50 bits per heavy atom. The summed E-state index contributed by atoms with van der Waals surface area (Å²) in [5.41, 5.74) is 1.80. The van der Waals surface area contributed by atoms with Gasteiger partial charge in [0.25, 0.3) is 0 Å². The SMILES string of the molecule is CCNC(=O)N1CCN(c2nc(CC)nc3c2cnn3-c2ccccc2)CC1. The van der Waals surface area contributed by atoms with E-state index in [-0.39, 0.29) is 6.03 Å². The quantitative estimate of drug-likeness (QED) is 0.752. The van der Waals surface area contributed by atoms with Crippen molar-refractivity contribution in [2.45, 2.75) is 20.3 Å². The molecule has 146 valence electrons. The lowest BCUT2D eigenvalue weighted by Crippen LogP contribution is -2.52. The van der Waals surface area contributed by atoms with Crippen LogP contribution in [0, 0.1) is 0 Å². The van der Waals surface area contributed by atoms with Crippen LogP contribution in [0.3, 0.4) is 0 Å². The molecule has 3 heterocycles. The van der Waals surface area contributed by atoms with Crippen LogP contribution in [-0.4, -0.2) is 63.4 Å². The number of para-hydroxylation sites is 1. The fraction of sp³-hybridized carbons (Fsp3) is 0.400. The Bertz CT molecular complexity index is 961. The van der Waals surface area contributed by atoms with E-state index in [1.165, 1.54) is 0 Å². The molecule has 0 bridgehead atoms. The zero-order valence-corrected chi connectivity index (χ0v) is 16.3. The average molecular weight is 379 g/mol. The van der Waals surface area contributed by atoms with Gasteiger partial charge in [-0.05, 0) is 19.1 Å². The molecule has 1 aromatic carbocycles. The maximum atomic E-state index is 12.1. The van der Waals surface area contributed by atoms with Crippen LogP contribution in [0.5, 0.6) is 0 Å². The molecule has 0 atom stereocenters. The van der Waals surface area contributed by atoms with Crippen LogP contribution < -0.4 is 10.2 Å². The first kappa shape index (κ1) is 18.2. The Morgan fingerprint density at radius 2 is 1.82 bits per heavy atom. The van der Waals surface area contributed by atoms with Gasteiger partial charge in [-0.3, -0.25) is 0 Å². The summed E-state index contributed by atoms with van der Waals surface area (Å²) in [5, 5.41) is 8.38. The highest BCUT2D eigenvalue weighted by molar-refractivity contribution is 5.88. The summed E-state index contributed by atoms with van der Waals surface area (Å²) in [5.74, 6) is 1.70. The van der Waals surface area contributed by atoms with Crippen molar-refractivity contribution in [2.24, 2.45) is 0 Å². The van der Waals surface area contributed by atoms with Gasteiger partial charge in [-0.1, -0.05) is 25.1 Å². The van der Waals surface area contributed by atoms with Crippen molar-refractivity contribution >= 4 is 22.9 Å². The van der Waals surface area contributed by atoms with E-state index in [2.05, 4.69) is 22.2 Å². The minimum Gasteiger partial charge on any atom is -0.352 e. The number of nitrogens with zero attached hydrogens (tertiary/aromatic N) is 6. The molecule has 0 spiro atoms. The Hall–Kier alpha value is -3.16. The number of fused-ring (bicyclic) bond motifs is 1. The van der Waals surface area contributed by atoms with Crippen LogP contribution in [0.25, 0.3) is 16.7 Å². The van der Waals surface area contributed by atoms with Crippen LogP contribution in [-0.2, 0) is 6.42 Å². The summed E-state index contributed by atoms with van der Waals surface area (Å²) >= 11 is 0. The molecule has 1 aliphatic heterocycles. The van der Waals surface area contributed by atoms with E-state index in [4.69, 9.17) is 9.97 Å². The molecule has 28 heavy (non-hydrogen) atoms. The van der Waals surface area contributed by atoms with Gasteiger partial charge in [0, 0.05) is 39.1 Å². The first-order chi connectivity index (χ1) is 13.7. The van der Waals surface area contributed by atoms with Crippen LogP contribution >= 0.6 is 0 Å². The van der Waals surface area contributed by atoms with E-state index in [0.29, 0.717) is 19.6 Å². The molecular formula is C20H25N7O. The number of urea groups is 1. The third-order valence-electron chi connectivity index (χ3n) is 4.97. The van der Waals surface area contributed by atoms with E-state index >= 15 is 0 Å². The number of carbonyl (C=O) groups is 1. The Balaban J connectivity index is 1.66. The summed E-state index contributed by atoms with van der Waals surface area (Å²) in [6.45, 7) is 7.46. The fourth-order valence-electron chi connectivity index (χ4n) is 3.48. The third-order valence-corrected chi connectivity index (χ3v) is 4.97. The van der Waals surface area contributed by atoms with Crippen molar-refractivity contribution in [2.75, 3.05) is 37.6 Å². The maximum Gasteiger partial charge on any atom is 0.317 e. The van der Waals surface area contributed by atoms with Crippen molar-refractivity contribution in [3.63, 3.8) is 0 Å². The van der Waals surface area contributed by atoms with Crippen LogP contribution in [0.15, 0.2) is 36.5 Å². The van der Waals surface area contributed by atoms with Crippen molar-refractivity contribution in [3.8, 4) is 5.69 Å². The van der Waals surface area contributed by atoms with Crippen LogP contribution in [0.1, 0.15) is 19.7 Å². The number of aryl methyl sites for hydroxylation is 1. The molecule has 1 fully saturated rings. The van der Waals surface area contributed by atoms with Gasteiger partial charge in [0.05, 0.1) is 17.3 Å². The standard InChI is InChI=1S/C20H25N7O/c1-3-17-23-18(25-10-12-26(13-11-25)20(28)21-4-2)16-14-22-27(19(16)24-17)15-8-6-5-7-9-15/h5-9,14H,3-4,10-13H2,1-2H3,(H,21,28). The molecule has 0 radical (unpaired) electrons. The van der Waals surface area contributed by atoms with Gasteiger partial charge in [-0.25, -0.2) is 19.4 Å². The van der Waals surface area contributed by atoms with Crippen molar-refractivity contribution in [3.05, 3.63) is 42.4 Å². The first-order valence-corrected chi connectivity index (χ1v) is 9.79. The molecule has 0 aliphatic carbocycles. The molecule has 3 aromatic rings. The lowest BCUT2D eigenvalue weighted by molar-refractivity contribution is 0.195. The Morgan fingerprint density at radius 1 is 1.07 bits per heavy atom. The largest absolute Gasteiger partial charge is 0.352 e. The summed E-state index contributed by atoms with van der Waals surface area (Å²) in [4.78, 5) is 25.7. The number of nitrogens with one attached hydrogen (secondary N) is 1. The second kappa shape index (κ2) is 7.84. The number of hydrogen-bond donors (Lipinski definition) is 1. The van der Waals surface area contributed by atoms with E-state index < -0.39 is 0 Å². The van der Waals surface area contributed by atoms with Crippen molar-refractivity contribution < 1.29 is 4.79 Å². The van der Waals surface area contributed by atoms with E-state index in [0.717, 1.165) is 47.9 Å². The number of benzene rings is 1. The minimum atomic E-state index is 0.00105. The number of amides is 2. The van der Waals surface area contributed by atoms with E-state index in [1.54, 1.807) is 0 Å². The number of piperazine rings is 1. The van der Waals surface area contributed by atoms with Gasteiger partial charge >= 0.3 is 6.03 Å². The molecule has 8 nitrogen and oxygen atoms in total. The number of rotatable bonds is 4. The van der Waals surface area contributed by atoms with Gasteiger partial charge < -0.3 is 15.1 Å². The fourth-order valence-corrected chi connectivity index (χ4v) is 3.48. The number of hydrogen-bond acceptors (Lipinski definition) is 5. The molecular weight excluding hydrogens is 354 g/mol. The summed E-state index contributed by atoms with van der Waals surface area (Å²) < 4.78 is 1.87. The molecule has 1 N–H and O–H groups in total. The molecule has 1 aliphatic rings. The Labute approximate surface area is 164 Å². The zero-order chi connectivity index (χ0) is 19.5. The second-order valence-corrected chi connectivity index (χ2v) is 6.76. The zero-order valence-electron chi connectivity index (χ0n) is 16.3. The molecule has 1 saturated heterocycles. The van der Waals surface area contributed by atoms with Gasteiger partial charge in [0.15, 0.2) is 5.65 Å². The summed E-state index contributed by atoms with van der Waals surface area (Å²) in [6, 6.07) is 10.0. The van der Waals surface area contributed by atoms with Crippen molar-refractivity contribution in [1.82, 2.24) is 30.0 Å². The average Bonchev–Trinajstić information content (AvgIpc) is 3.18. The molecule has 2 amide bonds. The highest BCUT2D eigenvalue weighted by atomic mass is 16.2.